The van der Waals surface area contributed by atoms with Gasteiger partial charge in [0.15, 0.2) is 0 Å². The molecule has 1 fully saturated rings. The first-order valence-electron chi connectivity index (χ1n) is 5.33. The Morgan fingerprint density at radius 1 is 1.61 bits per heavy atom. The summed E-state index contributed by atoms with van der Waals surface area (Å²) in [6.07, 6.45) is 0.589. The van der Waals surface area contributed by atoms with Gasteiger partial charge in [-0.15, -0.1) is 0 Å². The molecule has 6 heteroatoms. The predicted octanol–water partition coefficient (Wildman–Crippen LogP) is 2.72. The van der Waals surface area contributed by atoms with Gasteiger partial charge >= 0.3 is 0 Å². The zero-order valence-corrected chi connectivity index (χ0v) is 11.8. The molecular formula is C12H10BrFN2OS. The van der Waals surface area contributed by atoms with E-state index in [9.17, 15) is 9.18 Å². The standard InChI is InChI=1S/C12H10BrFN2OS/c13-8-2-1-3-9(14)10(8)11(17)16-12(6-15)4-5-18-7-12/h1-3H,4-5,7H2,(H,16,17). The highest BCUT2D eigenvalue weighted by Crippen LogP contribution is 2.28. The topological polar surface area (TPSA) is 52.9 Å². The molecule has 18 heavy (non-hydrogen) atoms. The highest BCUT2D eigenvalue weighted by molar-refractivity contribution is 9.10. The molecule has 1 unspecified atom stereocenters. The van der Waals surface area contributed by atoms with Gasteiger partial charge in [-0.1, -0.05) is 6.07 Å². The number of thioether (sulfide) groups is 1. The Bertz CT molecular complexity index is 503. The molecule has 0 aliphatic carbocycles. The van der Waals surface area contributed by atoms with Crippen LogP contribution in [0.4, 0.5) is 4.39 Å². The summed E-state index contributed by atoms with van der Waals surface area (Å²) in [7, 11) is 0. The molecule has 1 aliphatic heterocycles. The molecule has 3 nitrogen and oxygen atoms in total. The zero-order valence-electron chi connectivity index (χ0n) is 9.37. The van der Waals surface area contributed by atoms with Crippen molar-refractivity contribution < 1.29 is 9.18 Å². The Morgan fingerprint density at radius 3 is 2.94 bits per heavy atom. The van der Waals surface area contributed by atoms with E-state index in [0.717, 1.165) is 5.75 Å². The van der Waals surface area contributed by atoms with Gasteiger partial charge in [-0.3, -0.25) is 4.79 Å². The van der Waals surface area contributed by atoms with Crippen LogP contribution in [0.15, 0.2) is 22.7 Å². The summed E-state index contributed by atoms with van der Waals surface area (Å²) in [5.74, 6) is 0.220. The lowest BCUT2D eigenvalue weighted by Crippen LogP contribution is -2.47. The third kappa shape index (κ3) is 2.52. The molecule has 1 heterocycles. The minimum Gasteiger partial charge on any atom is -0.333 e. The van der Waals surface area contributed by atoms with E-state index in [0.29, 0.717) is 16.6 Å². The summed E-state index contributed by atoms with van der Waals surface area (Å²) in [6, 6.07) is 6.46. The maximum Gasteiger partial charge on any atom is 0.256 e. The van der Waals surface area contributed by atoms with Gasteiger partial charge in [-0.05, 0) is 40.2 Å². The number of nitrogens with zero attached hydrogens (tertiary/aromatic N) is 1. The second kappa shape index (κ2) is 5.29. The van der Waals surface area contributed by atoms with Crippen LogP contribution < -0.4 is 5.32 Å². The van der Waals surface area contributed by atoms with E-state index in [4.69, 9.17) is 5.26 Å². The van der Waals surface area contributed by atoms with E-state index in [1.165, 1.54) is 12.1 Å². The molecular weight excluding hydrogens is 319 g/mol. The fourth-order valence-electron chi connectivity index (χ4n) is 1.77. The van der Waals surface area contributed by atoms with Crippen molar-refractivity contribution in [2.24, 2.45) is 0 Å². The Hall–Kier alpha value is -1.06. The van der Waals surface area contributed by atoms with Crippen molar-refractivity contribution in [1.29, 1.82) is 5.26 Å². The number of halogens is 2. The van der Waals surface area contributed by atoms with Crippen molar-refractivity contribution in [2.75, 3.05) is 11.5 Å². The SMILES string of the molecule is N#CC1(NC(=O)c2c(F)cccc2Br)CCSC1. The molecule has 1 N–H and O–H groups in total. The van der Waals surface area contributed by atoms with E-state index in [-0.39, 0.29) is 5.56 Å². The van der Waals surface area contributed by atoms with Crippen LogP contribution in [-0.4, -0.2) is 23.0 Å². The number of hydrogen-bond donors (Lipinski definition) is 1. The van der Waals surface area contributed by atoms with Crippen LogP contribution in [0.3, 0.4) is 0 Å². The van der Waals surface area contributed by atoms with Crippen LogP contribution in [-0.2, 0) is 0 Å². The third-order valence-electron chi connectivity index (χ3n) is 2.78. The molecule has 0 spiro atoms. The number of amides is 1. The smallest absolute Gasteiger partial charge is 0.256 e. The van der Waals surface area contributed by atoms with Gasteiger partial charge in [0, 0.05) is 10.2 Å². The Morgan fingerprint density at radius 2 is 2.39 bits per heavy atom. The molecule has 0 saturated carbocycles. The minimum absolute atomic E-state index is 0.0518. The summed E-state index contributed by atoms with van der Waals surface area (Å²) in [6.45, 7) is 0. The van der Waals surface area contributed by atoms with E-state index in [1.54, 1.807) is 17.8 Å². The lowest BCUT2D eigenvalue weighted by Gasteiger charge is -2.21. The van der Waals surface area contributed by atoms with Gasteiger partial charge < -0.3 is 5.32 Å². The highest BCUT2D eigenvalue weighted by Gasteiger charge is 2.37. The molecule has 0 aromatic heterocycles. The first-order chi connectivity index (χ1) is 8.58. The first kappa shape index (κ1) is 13.4. The van der Waals surface area contributed by atoms with Crippen molar-refractivity contribution >= 4 is 33.6 Å². The maximum absolute atomic E-state index is 13.6. The van der Waals surface area contributed by atoms with Crippen LogP contribution in [0.1, 0.15) is 16.8 Å². The highest BCUT2D eigenvalue weighted by atomic mass is 79.9. The van der Waals surface area contributed by atoms with Crippen LogP contribution >= 0.6 is 27.7 Å². The fraction of sp³-hybridized carbons (Fsp3) is 0.333. The van der Waals surface area contributed by atoms with Gasteiger partial charge in [0.05, 0.1) is 11.6 Å². The van der Waals surface area contributed by atoms with Gasteiger partial charge in [-0.2, -0.15) is 17.0 Å². The number of nitrogens with one attached hydrogen (secondary N) is 1. The summed E-state index contributed by atoms with van der Waals surface area (Å²) in [5, 5.41) is 11.8. The Labute approximate surface area is 117 Å². The fourth-order valence-corrected chi connectivity index (χ4v) is 3.56. The number of carbonyl (C=O) groups excluding carboxylic acids is 1. The minimum atomic E-state index is -0.872. The van der Waals surface area contributed by atoms with Crippen molar-refractivity contribution in [3.05, 3.63) is 34.1 Å². The van der Waals surface area contributed by atoms with Crippen LogP contribution in [0.25, 0.3) is 0 Å². The van der Waals surface area contributed by atoms with Gasteiger partial charge in [0.25, 0.3) is 5.91 Å². The van der Waals surface area contributed by atoms with Gasteiger partial charge in [-0.25, -0.2) is 4.39 Å². The predicted molar refractivity (Wildman–Crippen MR) is 71.9 cm³/mol. The number of hydrogen-bond acceptors (Lipinski definition) is 3. The van der Waals surface area contributed by atoms with Gasteiger partial charge in [0.1, 0.15) is 11.4 Å². The van der Waals surface area contributed by atoms with Crippen molar-refractivity contribution in [1.82, 2.24) is 5.32 Å². The van der Waals surface area contributed by atoms with Crippen LogP contribution in [0.2, 0.25) is 0 Å². The lowest BCUT2D eigenvalue weighted by atomic mass is 10.0. The first-order valence-corrected chi connectivity index (χ1v) is 7.28. The molecule has 0 radical (unpaired) electrons. The number of benzene rings is 1. The second-order valence-corrected chi connectivity index (χ2v) is 6.01. The number of carbonyl (C=O) groups is 1. The third-order valence-corrected chi connectivity index (χ3v) is 4.63. The summed E-state index contributed by atoms with van der Waals surface area (Å²) >= 11 is 4.76. The Balaban J connectivity index is 2.25. The number of rotatable bonds is 2. The molecule has 0 bridgehead atoms. The second-order valence-electron chi connectivity index (χ2n) is 4.05. The molecule has 1 atom stereocenters. The Kier molecular flexibility index (Phi) is 3.93. The van der Waals surface area contributed by atoms with Crippen molar-refractivity contribution in [3.8, 4) is 6.07 Å². The van der Waals surface area contributed by atoms with Crippen molar-refractivity contribution in [2.45, 2.75) is 12.0 Å². The largest absolute Gasteiger partial charge is 0.333 e. The molecule has 1 aliphatic rings. The van der Waals surface area contributed by atoms with Crippen LogP contribution in [0.5, 0.6) is 0 Å². The quantitative estimate of drug-likeness (QED) is 0.908. The average molecular weight is 329 g/mol. The van der Waals surface area contributed by atoms with Crippen molar-refractivity contribution in [3.63, 3.8) is 0 Å². The summed E-state index contributed by atoms with van der Waals surface area (Å²) in [5.41, 5.74) is -0.923. The van der Waals surface area contributed by atoms with E-state index in [1.807, 2.05) is 0 Å². The molecule has 1 saturated heterocycles. The zero-order chi connectivity index (χ0) is 13.2. The van der Waals surface area contributed by atoms with Crippen LogP contribution in [0, 0.1) is 17.1 Å². The normalized spacial score (nSPS) is 22.5. The lowest BCUT2D eigenvalue weighted by molar-refractivity contribution is 0.0921. The van der Waals surface area contributed by atoms with E-state index in [2.05, 4.69) is 27.3 Å². The molecule has 1 amide bonds. The molecule has 2 rings (SSSR count). The summed E-state index contributed by atoms with van der Waals surface area (Å²) in [4.78, 5) is 12.1. The maximum atomic E-state index is 13.6. The van der Waals surface area contributed by atoms with Gasteiger partial charge in [0.2, 0.25) is 0 Å². The van der Waals surface area contributed by atoms with E-state index >= 15 is 0 Å². The average Bonchev–Trinajstić information content (AvgIpc) is 2.78. The molecule has 1 aromatic rings. The molecule has 94 valence electrons. The summed E-state index contributed by atoms with van der Waals surface area (Å²) < 4.78 is 14.0. The van der Waals surface area contributed by atoms with E-state index < -0.39 is 17.3 Å². The monoisotopic (exact) mass is 328 g/mol. The number of nitriles is 1. The molecule has 1 aromatic carbocycles.